The van der Waals surface area contributed by atoms with Crippen LogP contribution in [0.25, 0.3) is 0 Å². The number of aliphatic imine (C=N–C) groups is 1. The average molecular weight is 295 g/mol. The Morgan fingerprint density at radius 1 is 1.29 bits per heavy atom. The summed E-state index contributed by atoms with van der Waals surface area (Å²) in [4.78, 5) is 8.65. The Morgan fingerprint density at radius 3 is 2.67 bits per heavy atom. The minimum Gasteiger partial charge on any atom is -0.357 e. The average Bonchev–Trinajstić information content (AvgIpc) is 2.90. The maximum atomic E-state index is 4.95. The zero-order chi connectivity index (χ0) is 15.5. The fourth-order valence-corrected chi connectivity index (χ4v) is 2.08. The second kappa shape index (κ2) is 10.2. The Balaban J connectivity index is 2.47. The van der Waals surface area contributed by atoms with Crippen molar-refractivity contribution < 1.29 is 4.52 Å². The van der Waals surface area contributed by atoms with Crippen LogP contribution in [0.5, 0.6) is 0 Å². The zero-order valence-corrected chi connectivity index (χ0v) is 13.8. The molecule has 1 rings (SSSR count). The van der Waals surface area contributed by atoms with E-state index < -0.39 is 0 Å². The topological polar surface area (TPSA) is 75.3 Å². The van der Waals surface area contributed by atoms with E-state index in [4.69, 9.17) is 4.52 Å². The van der Waals surface area contributed by atoms with Gasteiger partial charge in [-0.2, -0.15) is 4.98 Å². The van der Waals surface area contributed by atoms with Gasteiger partial charge in [0.2, 0.25) is 5.89 Å². The smallest absolute Gasteiger partial charge is 0.223 e. The molecule has 0 saturated carbocycles. The first kappa shape index (κ1) is 17.5. The van der Waals surface area contributed by atoms with Crippen LogP contribution in [-0.2, 0) is 6.54 Å². The van der Waals surface area contributed by atoms with Crippen molar-refractivity contribution >= 4 is 5.96 Å². The predicted molar refractivity (Wildman–Crippen MR) is 85.2 cm³/mol. The molecule has 1 aromatic heterocycles. The van der Waals surface area contributed by atoms with Gasteiger partial charge in [0.25, 0.3) is 0 Å². The SMILES string of the molecule is CCCCC(CC)CNC(=NCc1noc(C)n1)NCC. The van der Waals surface area contributed by atoms with Crippen molar-refractivity contribution in [2.45, 2.75) is 59.9 Å². The lowest BCUT2D eigenvalue weighted by Gasteiger charge is -2.17. The minimum atomic E-state index is 0.429. The van der Waals surface area contributed by atoms with E-state index in [0.29, 0.717) is 24.2 Å². The number of rotatable bonds is 9. The van der Waals surface area contributed by atoms with Crippen molar-refractivity contribution in [1.82, 2.24) is 20.8 Å². The second-order valence-electron chi connectivity index (χ2n) is 5.22. The number of nitrogens with zero attached hydrogens (tertiary/aromatic N) is 3. The van der Waals surface area contributed by atoms with E-state index in [1.807, 2.05) is 0 Å². The molecule has 0 aromatic carbocycles. The van der Waals surface area contributed by atoms with Gasteiger partial charge >= 0.3 is 0 Å². The van der Waals surface area contributed by atoms with E-state index in [2.05, 4.69) is 46.5 Å². The van der Waals surface area contributed by atoms with Crippen LogP contribution in [0.3, 0.4) is 0 Å². The Morgan fingerprint density at radius 2 is 2.10 bits per heavy atom. The van der Waals surface area contributed by atoms with Gasteiger partial charge in [0.15, 0.2) is 11.8 Å². The number of hydrogen-bond donors (Lipinski definition) is 2. The fourth-order valence-electron chi connectivity index (χ4n) is 2.08. The number of guanidine groups is 1. The lowest BCUT2D eigenvalue weighted by Crippen LogP contribution is -2.39. The number of nitrogens with one attached hydrogen (secondary N) is 2. The van der Waals surface area contributed by atoms with Gasteiger partial charge < -0.3 is 15.2 Å². The summed E-state index contributed by atoms with van der Waals surface area (Å²) in [6.07, 6.45) is 5.00. The maximum absolute atomic E-state index is 4.95. The third kappa shape index (κ3) is 7.11. The minimum absolute atomic E-state index is 0.429. The van der Waals surface area contributed by atoms with Gasteiger partial charge in [-0.15, -0.1) is 0 Å². The third-order valence-corrected chi connectivity index (χ3v) is 3.39. The molecule has 0 bridgehead atoms. The molecule has 0 aliphatic rings. The molecule has 0 spiro atoms. The number of aromatic nitrogens is 2. The summed E-state index contributed by atoms with van der Waals surface area (Å²) >= 11 is 0. The molecule has 2 N–H and O–H groups in total. The molecule has 6 heteroatoms. The van der Waals surface area contributed by atoms with Crippen LogP contribution in [0.4, 0.5) is 0 Å². The van der Waals surface area contributed by atoms with Gasteiger partial charge in [0.1, 0.15) is 6.54 Å². The first-order valence-corrected chi connectivity index (χ1v) is 8.00. The van der Waals surface area contributed by atoms with Crippen molar-refractivity contribution in [3.63, 3.8) is 0 Å². The van der Waals surface area contributed by atoms with Crippen molar-refractivity contribution in [3.05, 3.63) is 11.7 Å². The molecule has 0 amide bonds. The van der Waals surface area contributed by atoms with Crippen LogP contribution in [-0.4, -0.2) is 29.2 Å². The van der Waals surface area contributed by atoms with E-state index in [9.17, 15) is 0 Å². The fraction of sp³-hybridized carbons (Fsp3) is 0.800. The monoisotopic (exact) mass is 295 g/mol. The molecule has 0 fully saturated rings. The lowest BCUT2D eigenvalue weighted by atomic mass is 9.99. The van der Waals surface area contributed by atoms with E-state index >= 15 is 0 Å². The van der Waals surface area contributed by atoms with Crippen molar-refractivity contribution in [3.8, 4) is 0 Å². The van der Waals surface area contributed by atoms with Crippen molar-refractivity contribution in [1.29, 1.82) is 0 Å². The summed E-state index contributed by atoms with van der Waals surface area (Å²) in [6.45, 7) is 10.5. The van der Waals surface area contributed by atoms with Crippen molar-refractivity contribution in [2.75, 3.05) is 13.1 Å². The lowest BCUT2D eigenvalue weighted by molar-refractivity contribution is 0.387. The van der Waals surface area contributed by atoms with Crippen molar-refractivity contribution in [2.24, 2.45) is 10.9 Å². The van der Waals surface area contributed by atoms with Crippen LogP contribution in [0.15, 0.2) is 9.52 Å². The molecule has 120 valence electrons. The molecular weight excluding hydrogens is 266 g/mol. The third-order valence-electron chi connectivity index (χ3n) is 3.39. The van der Waals surface area contributed by atoms with E-state index in [1.54, 1.807) is 6.92 Å². The summed E-state index contributed by atoms with van der Waals surface area (Å²) in [7, 11) is 0. The van der Waals surface area contributed by atoms with Gasteiger partial charge in [-0.05, 0) is 19.3 Å². The molecular formula is C15H29N5O. The summed E-state index contributed by atoms with van der Waals surface area (Å²) in [6, 6.07) is 0. The Kier molecular flexibility index (Phi) is 8.47. The van der Waals surface area contributed by atoms with E-state index in [0.717, 1.165) is 19.0 Å². The Hall–Kier alpha value is -1.59. The highest BCUT2D eigenvalue weighted by Crippen LogP contribution is 2.11. The van der Waals surface area contributed by atoms with Gasteiger partial charge in [0.05, 0.1) is 0 Å². The van der Waals surface area contributed by atoms with Gasteiger partial charge in [0, 0.05) is 20.0 Å². The maximum Gasteiger partial charge on any atom is 0.223 e. The van der Waals surface area contributed by atoms with Crippen LogP contribution in [0.1, 0.15) is 58.2 Å². The van der Waals surface area contributed by atoms with Crippen LogP contribution >= 0.6 is 0 Å². The predicted octanol–water partition coefficient (Wildman–Crippen LogP) is 2.65. The summed E-state index contributed by atoms with van der Waals surface area (Å²) in [5.41, 5.74) is 0. The quantitative estimate of drug-likeness (QED) is 0.541. The van der Waals surface area contributed by atoms with Gasteiger partial charge in [-0.3, -0.25) is 0 Å². The highest BCUT2D eigenvalue weighted by Gasteiger charge is 2.07. The van der Waals surface area contributed by atoms with Gasteiger partial charge in [-0.25, -0.2) is 4.99 Å². The summed E-state index contributed by atoms with van der Waals surface area (Å²) in [5, 5.41) is 10.5. The zero-order valence-electron chi connectivity index (χ0n) is 13.8. The molecule has 1 heterocycles. The highest BCUT2D eigenvalue weighted by molar-refractivity contribution is 5.79. The number of hydrogen-bond acceptors (Lipinski definition) is 4. The van der Waals surface area contributed by atoms with Crippen LogP contribution in [0.2, 0.25) is 0 Å². The van der Waals surface area contributed by atoms with Crippen LogP contribution in [0, 0.1) is 12.8 Å². The van der Waals surface area contributed by atoms with Crippen LogP contribution < -0.4 is 10.6 Å². The molecule has 1 unspecified atom stereocenters. The molecule has 0 aliphatic carbocycles. The number of unbranched alkanes of at least 4 members (excludes halogenated alkanes) is 1. The molecule has 6 nitrogen and oxygen atoms in total. The second-order valence-corrected chi connectivity index (χ2v) is 5.22. The molecule has 21 heavy (non-hydrogen) atoms. The normalized spacial score (nSPS) is 13.2. The van der Waals surface area contributed by atoms with Gasteiger partial charge in [-0.1, -0.05) is 38.3 Å². The van der Waals surface area contributed by atoms with E-state index in [-0.39, 0.29) is 0 Å². The first-order valence-electron chi connectivity index (χ1n) is 8.00. The summed E-state index contributed by atoms with van der Waals surface area (Å²) < 4.78 is 4.95. The standard InChI is InChI=1S/C15H29N5O/c1-5-8-9-13(6-2)10-17-15(16-7-3)18-11-14-19-12(4)21-20-14/h13H,5-11H2,1-4H3,(H2,16,17,18). The highest BCUT2D eigenvalue weighted by atomic mass is 16.5. The Labute approximate surface area is 127 Å². The molecule has 0 radical (unpaired) electrons. The largest absolute Gasteiger partial charge is 0.357 e. The molecule has 1 aromatic rings. The molecule has 0 aliphatic heterocycles. The first-order chi connectivity index (χ1) is 10.2. The molecule has 0 saturated heterocycles. The molecule has 1 atom stereocenters. The van der Waals surface area contributed by atoms with E-state index in [1.165, 1.54) is 25.7 Å². The Bertz CT molecular complexity index is 416. The number of aryl methyl sites for hydroxylation is 1. The summed E-state index contributed by atoms with van der Waals surface area (Å²) in [5.74, 6) is 2.70.